The third-order valence-corrected chi connectivity index (χ3v) is 7.53. The lowest BCUT2D eigenvalue weighted by Crippen LogP contribution is -2.45. The first-order chi connectivity index (χ1) is 16.9. The molecule has 0 spiro atoms. The van der Waals surface area contributed by atoms with Crippen molar-refractivity contribution < 1.29 is 34.9 Å². The maximum absolute atomic E-state index is 15.3. The molecule has 2 aromatic heterocycles. The van der Waals surface area contributed by atoms with Gasteiger partial charge in [-0.05, 0) is 37.6 Å². The second kappa shape index (κ2) is 8.00. The Bertz CT molecular complexity index is 1690. The van der Waals surface area contributed by atoms with Gasteiger partial charge in [-0.1, -0.05) is 11.2 Å². The average Bonchev–Trinajstić information content (AvgIpc) is 3.43. The van der Waals surface area contributed by atoms with Crippen molar-refractivity contribution in [1.29, 1.82) is 0 Å². The molecule has 1 aliphatic heterocycles. The molecule has 0 fully saturated rings. The van der Waals surface area contributed by atoms with Crippen LogP contribution in [0, 0.1) is 24.4 Å². The lowest BCUT2D eigenvalue weighted by Gasteiger charge is -2.19. The van der Waals surface area contributed by atoms with Gasteiger partial charge >= 0.3 is 11.6 Å². The standard InChI is InChI=1S/C22H17F5N4O4S/c1-3-36(33,34)29-14-8-30-15(22(14,26)27)9-31(21(30)32)20-17-13(35-28-20)7-10(2)19(25)18(17)16-11(23)5-4-6-12(16)24/h4-7,9,14,29H,3,8H2,1-2H3/t14-/m1/s1. The zero-order valence-electron chi connectivity index (χ0n) is 18.7. The molecule has 190 valence electrons. The van der Waals surface area contributed by atoms with E-state index in [0.29, 0.717) is 9.13 Å². The van der Waals surface area contributed by atoms with Crippen LogP contribution in [0.15, 0.2) is 39.8 Å². The van der Waals surface area contributed by atoms with Crippen molar-refractivity contribution in [3.63, 3.8) is 0 Å². The largest absolute Gasteiger partial charge is 0.354 e. The van der Waals surface area contributed by atoms with E-state index in [4.69, 9.17) is 4.52 Å². The highest BCUT2D eigenvalue weighted by molar-refractivity contribution is 7.89. The number of nitrogens with zero attached hydrogens (tertiary/aromatic N) is 3. The Morgan fingerprint density at radius 2 is 1.86 bits per heavy atom. The minimum Gasteiger partial charge on any atom is -0.354 e. The van der Waals surface area contributed by atoms with Crippen LogP contribution in [0.4, 0.5) is 22.0 Å². The second-order valence-corrected chi connectivity index (χ2v) is 10.4. The van der Waals surface area contributed by atoms with Gasteiger partial charge in [-0.3, -0.25) is 4.57 Å². The maximum Gasteiger partial charge on any atom is 0.334 e. The van der Waals surface area contributed by atoms with Crippen molar-refractivity contribution in [2.75, 3.05) is 5.75 Å². The number of imidazole rings is 1. The molecule has 4 aromatic rings. The number of aryl methyl sites for hydroxylation is 1. The van der Waals surface area contributed by atoms with Gasteiger partial charge in [-0.2, -0.15) is 8.78 Å². The third-order valence-electron chi connectivity index (χ3n) is 6.13. The first-order valence-electron chi connectivity index (χ1n) is 10.6. The number of sulfonamides is 1. The molecule has 1 atom stereocenters. The number of fused-ring (bicyclic) bond motifs is 2. The lowest BCUT2D eigenvalue weighted by atomic mass is 9.97. The summed E-state index contributed by atoms with van der Waals surface area (Å²) in [6, 6.07) is 2.20. The van der Waals surface area contributed by atoms with Crippen LogP contribution in [-0.4, -0.2) is 34.5 Å². The summed E-state index contributed by atoms with van der Waals surface area (Å²) >= 11 is 0. The topological polar surface area (TPSA) is 99.1 Å². The summed E-state index contributed by atoms with van der Waals surface area (Å²) in [6.07, 6.45) is 0.721. The number of nitrogens with one attached hydrogen (secondary N) is 1. The fraction of sp³-hybridized carbons (Fsp3) is 0.273. The van der Waals surface area contributed by atoms with Gasteiger partial charge in [-0.25, -0.2) is 35.7 Å². The van der Waals surface area contributed by atoms with Crippen molar-refractivity contribution in [2.24, 2.45) is 0 Å². The number of hydrogen-bond acceptors (Lipinski definition) is 5. The first-order valence-corrected chi connectivity index (χ1v) is 12.3. The Kier molecular flexibility index (Phi) is 5.37. The van der Waals surface area contributed by atoms with E-state index < -0.39 is 80.1 Å². The minimum atomic E-state index is -4.01. The van der Waals surface area contributed by atoms with E-state index in [0.717, 1.165) is 24.4 Å². The molecule has 0 radical (unpaired) electrons. The number of aromatic nitrogens is 3. The van der Waals surface area contributed by atoms with Crippen LogP contribution < -0.4 is 10.4 Å². The van der Waals surface area contributed by atoms with E-state index in [2.05, 4.69) is 5.16 Å². The smallest absolute Gasteiger partial charge is 0.334 e. The summed E-state index contributed by atoms with van der Waals surface area (Å²) in [7, 11) is -4.01. The van der Waals surface area contributed by atoms with Gasteiger partial charge in [0.25, 0.3) is 0 Å². The summed E-state index contributed by atoms with van der Waals surface area (Å²) in [5.41, 5.74) is -3.38. The fourth-order valence-corrected chi connectivity index (χ4v) is 5.11. The molecule has 1 N–H and O–H groups in total. The molecule has 0 amide bonds. The van der Waals surface area contributed by atoms with Gasteiger partial charge in [0.1, 0.15) is 29.2 Å². The fourth-order valence-electron chi connectivity index (χ4n) is 4.29. The molecular formula is C22H17F5N4O4S. The van der Waals surface area contributed by atoms with E-state index in [1.165, 1.54) is 19.9 Å². The highest BCUT2D eigenvalue weighted by Crippen LogP contribution is 2.41. The predicted octanol–water partition coefficient (Wildman–Crippen LogP) is 3.59. The third kappa shape index (κ3) is 3.46. The number of rotatable bonds is 5. The molecular weight excluding hydrogens is 511 g/mol. The van der Waals surface area contributed by atoms with Crippen molar-refractivity contribution in [3.8, 4) is 16.9 Å². The van der Waals surface area contributed by atoms with Gasteiger partial charge in [0.2, 0.25) is 10.0 Å². The van der Waals surface area contributed by atoms with E-state index in [9.17, 15) is 22.0 Å². The Labute approximate surface area is 200 Å². The molecule has 0 bridgehead atoms. The van der Waals surface area contributed by atoms with Crippen LogP contribution in [0.1, 0.15) is 18.2 Å². The summed E-state index contributed by atoms with van der Waals surface area (Å²) < 4.78 is 107. The van der Waals surface area contributed by atoms with Crippen LogP contribution in [0.25, 0.3) is 27.9 Å². The van der Waals surface area contributed by atoms with Gasteiger partial charge in [0.15, 0.2) is 11.4 Å². The van der Waals surface area contributed by atoms with E-state index in [1.807, 2.05) is 4.72 Å². The van der Waals surface area contributed by atoms with Crippen LogP contribution in [0.2, 0.25) is 0 Å². The van der Waals surface area contributed by atoms with Crippen molar-refractivity contribution in [3.05, 3.63) is 69.7 Å². The van der Waals surface area contributed by atoms with Crippen LogP contribution in [-0.2, 0) is 22.5 Å². The van der Waals surface area contributed by atoms with E-state index in [-0.39, 0.29) is 16.5 Å². The van der Waals surface area contributed by atoms with Gasteiger partial charge < -0.3 is 4.52 Å². The quantitative estimate of drug-likeness (QED) is 0.400. The van der Waals surface area contributed by atoms with E-state index in [1.54, 1.807) is 0 Å². The summed E-state index contributed by atoms with van der Waals surface area (Å²) in [4.78, 5) is 13.1. The Balaban J connectivity index is 1.73. The zero-order valence-corrected chi connectivity index (χ0v) is 19.5. The highest BCUT2D eigenvalue weighted by atomic mass is 32.2. The normalized spacial score (nSPS) is 17.1. The number of alkyl halides is 2. The summed E-state index contributed by atoms with van der Waals surface area (Å²) in [5, 5.41) is 3.41. The van der Waals surface area contributed by atoms with Crippen molar-refractivity contribution in [2.45, 2.75) is 32.4 Å². The SMILES string of the molecule is CCS(=O)(=O)N[C@@H]1Cn2c(cn(-c3noc4cc(C)c(F)c(-c5c(F)cccc5F)c34)c2=O)C1(F)F. The molecule has 36 heavy (non-hydrogen) atoms. The maximum atomic E-state index is 15.3. The molecule has 14 heteroatoms. The summed E-state index contributed by atoms with van der Waals surface area (Å²) in [6.45, 7) is 1.91. The molecule has 0 aliphatic carbocycles. The Morgan fingerprint density at radius 1 is 1.19 bits per heavy atom. The van der Waals surface area contributed by atoms with Crippen molar-refractivity contribution in [1.82, 2.24) is 19.0 Å². The lowest BCUT2D eigenvalue weighted by molar-refractivity contribution is -0.0248. The van der Waals surface area contributed by atoms with Gasteiger partial charge in [0, 0.05) is 11.8 Å². The summed E-state index contributed by atoms with van der Waals surface area (Å²) in [5.74, 6) is -7.90. The molecule has 1 aliphatic rings. The Hall–Kier alpha value is -3.52. The highest BCUT2D eigenvalue weighted by Gasteiger charge is 2.52. The molecule has 3 heterocycles. The molecule has 2 aromatic carbocycles. The van der Waals surface area contributed by atoms with Crippen molar-refractivity contribution >= 4 is 21.0 Å². The Morgan fingerprint density at radius 3 is 2.47 bits per heavy atom. The monoisotopic (exact) mass is 528 g/mol. The van der Waals surface area contributed by atoms with E-state index >= 15 is 13.2 Å². The molecule has 5 rings (SSSR count). The van der Waals surface area contributed by atoms with Crippen LogP contribution in [0.5, 0.6) is 0 Å². The van der Waals surface area contributed by atoms with Gasteiger partial charge in [-0.15, -0.1) is 0 Å². The average molecular weight is 528 g/mol. The van der Waals surface area contributed by atoms with Crippen LogP contribution in [0.3, 0.4) is 0 Å². The molecule has 0 saturated heterocycles. The molecule has 8 nitrogen and oxygen atoms in total. The predicted molar refractivity (Wildman–Crippen MR) is 118 cm³/mol. The number of halogens is 5. The first kappa shape index (κ1) is 24.2. The molecule has 0 unspecified atom stereocenters. The minimum absolute atomic E-state index is 0.0350. The number of hydrogen-bond donors (Lipinski definition) is 1. The molecule has 0 saturated carbocycles. The van der Waals surface area contributed by atoms with Gasteiger partial charge in [0.05, 0.1) is 23.2 Å². The number of benzene rings is 2. The zero-order chi connectivity index (χ0) is 26.2. The second-order valence-electron chi connectivity index (χ2n) is 8.33. The van der Waals surface area contributed by atoms with Crippen LogP contribution >= 0.6 is 0 Å².